The normalized spacial score (nSPS) is 16.3. The summed E-state index contributed by atoms with van der Waals surface area (Å²) in [5, 5.41) is 17.9. The van der Waals surface area contributed by atoms with Gasteiger partial charge >= 0.3 is 17.9 Å². The lowest BCUT2D eigenvalue weighted by Crippen LogP contribution is -2.45. The molecule has 0 aromatic carbocycles. The van der Waals surface area contributed by atoms with E-state index in [2.05, 4.69) is 6.58 Å². The van der Waals surface area contributed by atoms with E-state index < -0.39 is 29.4 Å². The quantitative estimate of drug-likeness (QED) is 0.421. The molecule has 0 fully saturated rings. The first-order chi connectivity index (χ1) is 8.15. The summed E-state index contributed by atoms with van der Waals surface area (Å²) in [5.41, 5.74) is -1.97. The maximum Gasteiger partial charge on any atom is 0.348 e. The van der Waals surface area contributed by atoms with Gasteiger partial charge in [0.2, 0.25) is 5.60 Å². The van der Waals surface area contributed by atoms with Gasteiger partial charge in [0.15, 0.2) is 0 Å². The van der Waals surface area contributed by atoms with Crippen molar-refractivity contribution in [3.05, 3.63) is 24.3 Å². The minimum Gasteiger partial charge on any atom is -0.478 e. The van der Waals surface area contributed by atoms with Crippen molar-refractivity contribution in [3.8, 4) is 0 Å². The summed E-state index contributed by atoms with van der Waals surface area (Å²) < 4.78 is 4.78. The van der Waals surface area contributed by atoms with Crippen molar-refractivity contribution >= 4 is 17.9 Å². The van der Waals surface area contributed by atoms with Crippen molar-refractivity contribution in [1.82, 2.24) is 0 Å². The monoisotopic (exact) mass is 256 g/mol. The highest BCUT2D eigenvalue weighted by molar-refractivity contribution is 5.90. The summed E-state index contributed by atoms with van der Waals surface area (Å²) in [7, 11) is 0. The Morgan fingerprint density at radius 1 is 1.33 bits per heavy atom. The number of carboxylic acid groups (broad SMARTS) is 2. The van der Waals surface area contributed by atoms with E-state index in [-0.39, 0.29) is 5.57 Å². The van der Waals surface area contributed by atoms with Gasteiger partial charge in [-0.15, -0.1) is 0 Å². The predicted molar refractivity (Wildman–Crippen MR) is 62.9 cm³/mol. The number of hydrogen-bond acceptors (Lipinski definition) is 4. The Morgan fingerprint density at radius 3 is 2.11 bits per heavy atom. The highest BCUT2D eigenvalue weighted by Crippen LogP contribution is 2.25. The van der Waals surface area contributed by atoms with Crippen LogP contribution in [-0.4, -0.2) is 33.7 Å². The minimum absolute atomic E-state index is 0.151. The zero-order chi connectivity index (χ0) is 14.5. The predicted octanol–water partition coefficient (Wildman–Crippen LogP) is 1.23. The lowest BCUT2D eigenvalue weighted by atomic mass is 9.88. The molecule has 0 aliphatic carbocycles. The number of carbonyl (C=O) groups is 3. The van der Waals surface area contributed by atoms with Gasteiger partial charge in [-0.25, -0.2) is 9.59 Å². The second kappa shape index (κ2) is 6.00. The third-order valence-corrected chi connectivity index (χ3v) is 2.55. The second-order valence-electron chi connectivity index (χ2n) is 3.93. The summed E-state index contributed by atoms with van der Waals surface area (Å²) in [5.74, 6) is -4.17. The van der Waals surface area contributed by atoms with E-state index in [1.807, 2.05) is 0 Å². The third-order valence-electron chi connectivity index (χ3n) is 2.55. The zero-order valence-electron chi connectivity index (χ0n) is 10.5. The molecule has 6 heteroatoms. The molecule has 0 unspecified atom stereocenters. The molecule has 2 atom stereocenters. The van der Waals surface area contributed by atoms with Crippen LogP contribution in [0.25, 0.3) is 0 Å². The number of esters is 1. The molecule has 0 aromatic heterocycles. The van der Waals surface area contributed by atoms with Gasteiger partial charge in [0.25, 0.3) is 0 Å². The summed E-state index contributed by atoms with van der Waals surface area (Å²) in [4.78, 5) is 32.9. The van der Waals surface area contributed by atoms with Crippen LogP contribution in [0, 0.1) is 5.92 Å². The Hall–Kier alpha value is -2.11. The molecular weight excluding hydrogens is 240 g/mol. The Kier molecular flexibility index (Phi) is 5.29. The first-order valence-electron chi connectivity index (χ1n) is 5.15. The van der Waals surface area contributed by atoms with E-state index in [4.69, 9.17) is 14.9 Å². The Morgan fingerprint density at radius 2 is 1.83 bits per heavy atom. The Labute approximate surface area is 105 Å². The van der Waals surface area contributed by atoms with Gasteiger partial charge < -0.3 is 14.9 Å². The largest absolute Gasteiger partial charge is 0.478 e. The van der Waals surface area contributed by atoms with Gasteiger partial charge in [0.05, 0.1) is 5.57 Å². The Bertz CT molecular complexity index is 409. The lowest BCUT2D eigenvalue weighted by Gasteiger charge is -2.29. The number of carbonyl (C=O) groups excluding carboxylic acids is 1. The molecule has 0 saturated carbocycles. The van der Waals surface area contributed by atoms with Crippen molar-refractivity contribution in [2.75, 3.05) is 0 Å². The topological polar surface area (TPSA) is 101 Å². The average Bonchev–Trinajstić information content (AvgIpc) is 2.23. The SMILES string of the molecule is C=C/C(=C/[C@H](C)[C@](C)(OC(C)=O)C(=O)O)C(=O)O. The average molecular weight is 256 g/mol. The van der Waals surface area contributed by atoms with E-state index in [1.54, 1.807) is 0 Å². The van der Waals surface area contributed by atoms with E-state index in [1.165, 1.54) is 19.9 Å². The van der Waals surface area contributed by atoms with Crippen LogP contribution in [-0.2, 0) is 19.1 Å². The van der Waals surface area contributed by atoms with Crippen LogP contribution >= 0.6 is 0 Å². The van der Waals surface area contributed by atoms with Gasteiger partial charge in [0, 0.05) is 12.8 Å². The number of rotatable bonds is 6. The van der Waals surface area contributed by atoms with Crippen LogP contribution < -0.4 is 0 Å². The number of hydrogen-bond donors (Lipinski definition) is 2. The number of ether oxygens (including phenoxy) is 1. The minimum atomic E-state index is -1.82. The van der Waals surface area contributed by atoms with Crippen LogP contribution in [0.5, 0.6) is 0 Å². The highest BCUT2D eigenvalue weighted by Gasteiger charge is 2.41. The van der Waals surface area contributed by atoms with Crippen molar-refractivity contribution in [3.63, 3.8) is 0 Å². The molecule has 0 aliphatic heterocycles. The molecule has 18 heavy (non-hydrogen) atoms. The molecule has 0 aliphatic rings. The van der Waals surface area contributed by atoms with Crippen LogP contribution in [0.1, 0.15) is 20.8 Å². The maximum atomic E-state index is 11.2. The van der Waals surface area contributed by atoms with Crippen molar-refractivity contribution in [2.24, 2.45) is 5.92 Å². The van der Waals surface area contributed by atoms with Crippen molar-refractivity contribution in [1.29, 1.82) is 0 Å². The summed E-state index contributed by atoms with van der Waals surface area (Å²) in [6.07, 6.45) is 2.28. The molecule has 0 bridgehead atoms. The van der Waals surface area contributed by atoms with E-state index in [0.29, 0.717) is 0 Å². The van der Waals surface area contributed by atoms with Gasteiger partial charge in [-0.1, -0.05) is 25.7 Å². The molecule has 100 valence electrons. The molecule has 0 radical (unpaired) electrons. The first-order valence-corrected chi connectivity index (χ1v) is 5.15. The molecule has 0 saturated heterocycles. The standard InChI is InChI=1S/C12H16O6/c1-5-9(10(14)15)6-7(2)12(4,11(16)17)18-8(3)13/h5-7H,1H2,2-4H3,(H,14,15)(H,16,17)/b9-6-/t7-,12-/m0/s1. The summed E-state index contributed by atoms with van der Waals surface area (Å²) in [6, 6.07) is 0. The molecule has 0 rings (SSSR count). The maximum absolute atomic E-state index is 11.2. The van der Waals surface area contributed by atoms with Crippen LogP contribution in [0.4, 0.5) is 0 Å². The van der Waals surface area contributed by atoms with Crippen molar-refractivity contribution in [2.45, 2.75) is 26.4 Å². The van der Waals surface area contributed by atoms with Crippen LogP contribution in [0.15, 0.2) is 24.3 Å². The summed E-state index contributed by atoms with van der Waals surface area (Å²) >= 11 is 0. The van der Waals surface area contributed by atoms with E-state index in [0.717, 1.165) is 13.0 Å². The molecule has 0 heterocycles. The lowest BCUT2D eigenvalue weighted by molar-refractivity contribution is -0.179. The van der Waals surface area contributed by atoms with Crippen LogP contribution in [0.3, 0.4) is 0 Å². The number of aliphatic carboxylic acids is 2. The molecule has 2 N–H and O–H groups in total. The highest BCUT2D eigenvalue weighted by atomic mass is 16.6. The van der Waals surface area contributed by atoms with Crippen LogP contribution in [0.2, 0.25) is 0 Å². The first kappa shape index (κ1) is 15.9. The van der Waals surface area contributed by atoms with Gasteiger partial charge in [0.1, 0.15) is 0 Å². The van der Waals surface area contributed by atoms with Gasteiger partial charge in [-0.05, 0) is 6.92 Å². The fourth-order valence-electron chi connectivity index (χ4n) is 1.28. The van der Waals surface area contributed by atoms with Gasteiger partial charge in [-0.3, -0.25) is 4.79 Å². The smallest absolute Gasteiger partial charge is 0.348 e. The fraction of sp³-hybridized carbons (Fsp3) is 0.417. The number of carboxylic acids is 2. The Balaban J connectivity index is 5.40. The molecule has 0 amide bonds. The van der Waals surface area contributed by atoms with E-state index >= 15 is 0 Å². The molecular formula is C12H16O6. The molecule has 0 spiro atoms. The fourth-order valence-corrected chi connectivity index (χ4v) is 1.28. The van der Waals surface area contributed by atoms with Crippen molar-refractivity contribution < 1.29 is 29.3 Å². The molecule has 0 aromatic rings. The van der Waals surface area contributed by atoms with Gasteiger partial charge in [-0.2, -0.15) is 0 Å². The zero-order valence-corrected chi connectivity index (χ0v) is 10.5. The summed E-state index contributed by atoms with van der Waals surface area (Å²) in [6.45, 7) is 7.06. The molecule has 6 nitrogen and oxygen atoms in total. The second-order valence-corrected chi connectivity index (χ2v) is 3.93. The third kappa shape index (κ3) is 3.73. The van der Waals surface area contributed by atoms with E-state index in [9.17, 15) is 14.4 Å².